The molecule has 0 spiro atoms. The van der Waals surface area contributed by atoms with Gasteiger partial charge in [-0.25, -0.2) is 0 Å². The minimum Gasteiger partial charge on any atom is -0.489 e. The Balaban J connectivity index is 1.77. The van der Waals surface area contributed by atoms with Gasteiger partial charge in [-0.15, -0.1) is 10.2 Å². The summed E-state index contributed by atoms with van der Waals surface area (Å²) in [6.45, 7) is 1.05. The minimum atomic E-state index is -4.53. The summed E-state index contributed by atoms with van der Waals surface area (Å²) in [5.74, 6) is 0.396. The molecule has 1 aromatic heterocycles. The number of benzene rings is 1. The molecule has 5 nitrogen and oxygen atoms in total. The zero-order chi connectivity index (χ0) is 17.3. The second kappa shape index (κ2) is 6.72. The summed E-state index contributed by atoms with van der Waals surface area (Å²) in [5.41, 5.74) is 0.797. The average molecular weight is 380 g/mol. The third-order valence-corrected chi connectivity index (χ3v) is 4.69. The first-order chi connectivity index (χ1) is 11.4. The van der Waals surface area contributed by atoms with E-state index in [1.807, 2.05) is 0 Å². The molecule has 130 valence electrons. The topological polar surface area (TPSA) is 49.2 Å². The molecule has 3 rings (SSSR count). The van der Waals surface area contributed by atoms with Crippen molar-refractivity contribution in [3.05, 3.63) is 28.5 Å². The van der Waals surface area contributed by atoms with Gasteiger partial charge < -0.3 is 14.0 Å². The highest BCUT2D eigenvalue weighted by Gasteiger charge is 2.37. The molecule has 1 aromatic carbocycles. The van der Waals surface area contributed by atoms with E-state index in [1.54, 1.807) is 12.1 Å². The van der Waals surface area contributed by atoms with Crippen LogP contribution in [0.4, 0.5) is 13.2 Å². The molecular formula is C14H13ClF3N3O2S. The van der Waals surface area contributed by atoms with E-state index < -0.39 is 12.0 Å². The molecule has 0 amide bonds. The van der Waals surface area contributed by atoms with Crippen LogP contribution >= 0.6 is 23.4 Å². The molecule has 0 unspecified atom stereocenters. The molecule has 0 saturated heterocycles. The highest BCUT2D eigenvalue weighted by molar-refractivity contribution is 7.98. The zero-order valence-corrected chi connectivity index (χ0v) is 14.1. The van der Waals surface area contributed by atoms with Crippen molar-refractivity contribution in [2.24, 2.45) is 7.05 Å². The first-order valence-corrected chi connectivity index (χ1v) is 8.40. The van der Waals surface area contributed by atoms with Crippen molar-refractivity contribution in [2.75, 3.05) is 13.2 Å². The summed E-state index contributed by atoms with van der Waals surface area (Å²) in [4.78, 5) is 0. The van der Waals surface area contributed by atoms with Gasteiger partial charge in [0.1, 0.15) is 0 Å². The summed E-state index contributed by atoms with van der Waals surface area (Å²) < 4.78 is 50.2. The predicted octanol–water partition coefficient (Wildman–Crippen LogP) is 3.94. The van der Waals surface area contributed by atoms with Crippen LogP contribution in [0.2, 0.25) is 5.02 Å². The van der Waals surface area contributed by atoms with E-state index in [9.17, 15) is 13.2 Å². The van der Waals surface area contributed by atoms with Gasteiger partial charge >= 0.3 is 6.18 Å². The van der Waals surface area contributed by atoms with Gasteiger partial charge in [-0.1, -0.05) is 23.4 Å². The van der Waals surface area contributed by atoms with E-state index in [0.717, 1.165) is 28.3 Å². The van der Waals surface area contributed by atoms with Gasteiger partial charge in [-0.2, -0.15) is 13.2 Å². The number of ether oxygens (including phenoxy) is 2. The molecule has 0 atom stereocenters. The quantitative estimate of drug-likeness (QED) is 0.756. The Morgan fingerprint density at radius 3 is 2.71 bits per heavy atom. The first kappa shape index (κ1) is 17.2. The van der Waals surface area contributed by atoms with Crippen molar-refractivity contribution in [1.82, 2.24) is 14.8 Å². The van der Waals surface area contributed by atoms with Gasteiger partial charge in [0.15, 0.2) is 16.7 Å². The van der Waals surface area contributed by atoms with Gasteiger partial charge in [0.2, 0.25) is 5.82 Å². The number of halogens is 4. The van der Waals surface area contributed by atoms with Crippen molar-refractivity contribution < 1.29 is 22.6 Å². The number of thioether (sulfide) groups is 1. The predicted molar refractivity (Wildman–Crippen MR) is 82.6 cm³/mol. The SMILES string of the molecule is Cn1c(SCc2cc(Cl)c3c(c2)OCCCO3)nnc1C(F)(F)F. The van der Waals surface area contributed by atoms with Crippen molar-refractivity contribution in [3.63, 3.8) is 0 Å². The molecule has 0 aliphatic carbocycles. The molecule has 2 heterocycles. The van der Waals surface area contributed by atoms with Crippen LogP contribution in [0.25, 0.3) is 0 Å². The van der Waals surface area contributed by atoms with Crippen LogP contribution in [0.5, 0.6) is 11.5 Å². The molecule has 0 bridgehead atoms. The Kier molecular flexibility index (Phi) is 4.82. The highest BCUT2D eigenvalue weighted by atomic mass is 35.5. The summed E-state index contributed by atoms with van der Waals surface area (Å²) in [6.07, 6.45) is -3.77. The van der Waals surface area contributed by atoms with E-state index in [1.165, 1.54) is 7.05 Å². The summed E-state index contributed by atoms with van der Waals surface area (Å²) >= 11 is 7.34. The fraction of sp³-hybridized carbons (Fsp3) is 0.429. The standard InChI is InChI=1S/C14H13ClF3N3O2S/c1-21-12(14(16,17)18)19-20-13(21)24-7-8-5-9(15)11-10(6-8)22-3-2-4-23-11/h5-6H,2-4,7H2,1H3. The monoisotopic (exact) mass is 379 g/mol. The number of hydrogen-bond donors (Lipinski definition) is 0. The molecule has 0 saturated carbocycles. The maximum atomic E-state index is 12.7. The van der Waals surface area contributed by atoms with E-state index >= 15 is 0 Å². The maximum Gasteiger partial charge on any atom is 0.451 e. The van der Waals surface area contributed by atoms with Crippen LogP contribution in [0, 0.1) is 0 Å². The Labute approximate surface area is 145 Å². The Morgan fingerprint density at radius 1 is 1.25 bits per heavy atom. The first-order valence-electron chi connectivity index (χ1n) is 7.03. The largest absolute Gasteiger partial charge is 0.489 e. The molecule has 1 aliphatic heterocycles. The Morgan fingerprint density at radius 2 is 2.00 bits per heavy atom. The van der Waals surface area contributed by atoms with Crippen LogP contribution in [0.1, 0.15) is 17.8 Å². The van der Waals surface area contributed by atoms with Crippen LogP contribution in [-0.4, -0.2) is 28.0 Å². The number of hydrogen-bond acceptors (Lipinski definition) is 5. The van der Waals surface area contributed by atoms with Crippen LogP contribution in [0.3, 0.4) is 0 Å². The number of rotatable bonds is 3. The molecule has 10 heteroatoms. The minimum absolute atomic E-state index is 0.172. The lowest BCUT2D eigenvalue weighted by atomic mass is 10.2. The fourth-order valence-electron chi connectivity index (χ4n) is 2.20. The highest BCUT2D eigenvalue weighted by Crippen LogP contribution is 2.39. The van der Waals surface area contributed by atoms with Gasteiger partial charge in [0.25, 0.3) is 0 Å². The number of aromatic nitrogens is 3. The zero-order valence-electron chi connectivity index (χ0n) is 12.6. The molecule has 0 fully saturated rings. The summed E-state index contributed by atoms with van der Waals surface area (Å²) in [5, 5.41) is 7.37. The molecule has 24 heavy (non-hydrogen) atoms. The van der Waals surface area contributed by atoms with E-state index in [2.05, 4.69) is 10.2 Å². The van der Waals surface area contributed by atoms with Crippen LogP contribution < -0.4 is 9.47 Å². The van der Waals surface area contributed by atoms with Gasteiger partial charge in [0, 0.05) is 19.2 Å². The molecule has 0 N–H and O–H groups in total. The lowest BCUT2D eigenvalue weighted by Crippen LogP contribution is -2.12. The summed E-state index contributed by atoms with van der Waals surface area (Å²) in [7, 11) is 1.28. The third kappa shape index (κ3) is 3.56. The van der Waals surface area contributed by atoms with Gasteiger partial charge in [-0.05, 0) is 17.7 Å². The number of nitrogens with zero attached hydrogens (tertiary/aromatic N) is 3. The van der Waals surface area contributed by atoms with Crippen LogP contribution in [-0.2, 0) is 19.0 Å². The van der Waals surface area contributed by atoms with E-state index in [4.69, 9.17) is 21.1 Å². The van der Waals surface area contributed by atoms with Crippen LogP contribution in [0.15, 0.2) is 17.3 Å². The maximum absolute atomic E-state index is 12.7. The number of fused-ring (bicyclic) bond motifs is 1. The van der Waals surface area contributed by atoms with E-state index in [-0.39, 0.29) is 5.16 Å². The molecule has 2 aromatic rings. The summed E-state index contributed by atoms with van der Waals surface area (Å²) in [6, 6.07) is 3.49. The Bertz CT molecular complexity index is 752. The second-order valence-corrected chi connectivity index (χ2v) is 6.46. The molecule has 0 radical (unpaired) electrons. The Hall–Kier alpha value is -1.61. The average Bonchev–Trinajstić information content (AvgIpc) is 2.72. The number of alkyl halides is 3. The van der Waals surface area contributed by atoms with Gasteiger partial charge in [-0.3, -0.25) is 0 Å². The molecule has 1 aliphatic rings. The van der Waals surface area contributed by atoms with Crippen molar-refractivity contribution in [2.45, 2.75) is 23.5 Å². The third-order valence-electron chi connectivity index (χ3n) is 3.32. The fourth-order valence-corrected chi connectivity index (χ4v) is 3.33. The van der Waals surface area contributed by atoms with Gasteiger partial charge in [0.05, 0.1) is 18.2 Å². The second-order valence-electron chi connectivity index (χ2n) is 5.11. The smallest absolute Gasteiger partial charge is 0.451 e. The lowest BCUT2D eigenvalue weighted by Gasteiger charge is -2.11. The normalized spacial score (nSPS) is 14.5. The van der Waals surface area contributed by atoms with Crippen molar-refractivity contribution >= 4 is 23.4 Å². The van der Waals surface area contributed by atoms with Crippen molar-refractivity contribution in [3.8, 4) is 11.5 Å². The lowest BCUT2D eigenvalue weighted by molar-refractivity contribution is -0.147. The van der Waals surface area contributed by atoms with E-state index in [0.29, 0.717) is 35.5 Å². The van der Waals surface area contributed by atoms with Crippen molar-refractivity contribution in [1.29, 1.82) is 0 Å². The molecular weight excluding hydrogens is 367 g/mol.